The number of nitrogens with zero attached hydrogens (tertiary/aromatic N) is 3. The molecule has 2 aromatic carbocycles. The van der Waals surface area contributed by atoms with Gasteiger partial charge in [0.2, 0.25) is 21.7 Å². The number of sulfonamides is 1. The van der Waals surface area contributed by atoms with Crippen LogP contribution in [0.4, 0.5) is 0 Å². The Kier molecular flexibility index (Phi) is 5.12. The molecule has 1 aliphatic heterocycles. The summed E-state index contributed by atoms with van der Waals surface area (Å²) >= 11 is 3.41. The van der Waals surface area contributed by atoms with E-state index in [0.29, 0.717) is 42.5 Å². The number of hydrogen-bond donors (Lipinski definition) is 0. The fourth-order valence-corrected chi connectivity index (χ4v) is 4.96. The van der Waals surface area contributed by atoms with Gasteiger partial charge in [-0.3, -0.25) is 0 Å². The van der Waals surface area contributed by atoms with Crippen molar-refractivity contribution in [2.75, 3.05) is 13.1 Å². The zero-order valence-corrected chi connectivity index (χ0v) is 16.9. The molecule has 27 heavy (non-hydrogen) atoms. The van der Waals surface area contributed by atoms with Crippen LogP contribution in [0, 0.1) is 0 Å². The first-order chi connectivity index (χ1) is 13.0. The summed E-state index contributed by atoms with van der Waals surface area (Å²) < 4.78 is 33.4. The first kappa shape index (κ1) is 18.3. The summed E-state index contributed by atoms with van der Waals surface area (Å²) in [4.78, 5) is 4.85. The molecule has 3 aromatic rings. The van der Waals surface area contributed by atoms with E-state index in [2.05, 4.69) is 26.1 Å². The molecule has 0 N–H and O–H groups in total. The third-order valence-electron chi connectivity index (χ3n) is 4.73. The average molecular weight is 448 g/mol. The molecular weight excluding hydrogens is 430 g/mol. The molecule has 0 amide bonds. The van der Waals surface area contributed by atoms with Crippen molar-refractivity contribution in [2.24, 2.45) is 0 Å². The molecule has 0 saturated carbocycles. The van der Waals surface area contributed by atoms with Crippen LogP contribution in [0.25, 0.3) is 11.4 Å². The molecule has 2 heterocycles. The van der Waals surface area contributed by atoms with Gasteiger partial charge in [0, 0.05) is 29.0 Å². The smallest absolute Gasteiger partial charge is 0.243 e. The SMILES string of the molecule is O=S(=O)(c1ccccc1)N1CCC(c2nc(-c3ccc(Br)cc3)no2)CC1. The monoisotopic (exact) mass is 447 g/mol. The number of benzene rings is 2. The Hall–Kier alpha value is -2.03. The predicted molar refractivity (Wildman–Crippen MR) is 105 cm³/mol. The Morgan fingerprint density at radius 2 is 1.67 bits per heavy atom. The van der Waals surface area contributed by atoms with Crippen LogP contribution >= 0.6 is 15.9 Å². The third kappa shape index (κ3) is 3.83. The number of halogens is 1. The maximum atomic E-state index is 12.7. The molecule has 0 bridgehead atoms. The summed E-state index contributed by atoms with van der Waals surface area (Å²) in [5.41, 5.74) is 0.886. The molecule has 140 valence electrons. The predicted octanol–water partition coefficient (Wildman–Crippen LogP) is 4.07. The van der Waals surface area contributed by atoms with Gasteiger partial charge in [-0.1, -0.05) is 39.3 Å². The van der Waals surface area contributed by atoms with Crippen LogP contribution in [-0.2, 0) is 10.0 Å². The Morgan fingerprint density at radius 3 is 2.33 bits per heavy atom. The Labute approximate surface area is 166 Å². The van der Waals surface area contributed by atoms with E-state index in [1.807, 2.05) is 30.3 Å². The van der Waals surface area contributed by atoms with Gasteiger partial charge in [0.1, 0.15) is 0 Å². The fourth-order valence-electron chi connectivity index (χ4n) is 3.20. The van der Waals surface area contributed by atoms with E-state index in [0.717, 1.165) is 10.0 Å². The van der Waals surface area contributed by atoms with Crippen LogP contribution in [0.3, 0.4) is 0 Å². The van der Waals surface area contributed by atoms with E-state index in [1.165, 1.54) is 4.31 Å². The van der Waals surface area contributed by atoms with Gasteiger partial charge in [-0.05, 0) is 49.2 Å². The summed E-state index contributed by atoms with van der Waals surface area (Å²) in [6, 6.07) is 16.2. The van der Waals surface area contributed by atoms with Gasteiger partial charge in [0.25, 0.3) is 0 Å². The van der Waals surface area contributed by atoms with Crippen molar-refractivity contribution in [1.29, 1.82) is 0 Å². The highest BCUT2D eigenvalue weighted by molar-refractivity contribution is 9.10. The topological polar surface area (TPSA) is 76.3 Å². The van der Waals surface area contributed by atoms with Gasteiger partial charge in [0.05, 0.1) is 4.90 Å². The van der Waals surface area contributed by atoms with Crippen molar-refractivity contribution in [1.82, 2.24) is 14.4 Å². The van der Waals surface area contributed by atoms with Crippen molar-refractivity contribution in [3.63, 3.8) is 0 Å². The third-order valence-corrected chi connectivity index (χ3v) is 7.17. The molecule has 1 aliphatic rings. The van der Waals surface area contributed by atoms with Gasteiger partial charge < -0.3 is 4.52 Å². The van der Waals surface area contributed by atoms with E-state index in [-0.39, 0.29) is 5.92 Å². The molecule has 4 rings (SSSR count). The van der Waals surface area contributed by atoms with Gasteiger partial charge >= 0.3 is 0 Å². The van der Waals surface area contributed by atoms with E-state index < -0.39 is 10.0 Å². The molecule has 1 saturated heterocycles. The van der Waals surface area contributed by atoms with Crippen LogP contribution in [0.5, 0.6) is 0 Å². The summed E-state index contributed by atoms with van der Waals surface area (Å²) in [5.74, 6) is 1.20. The van der Waals surface area contributed by atoms with E-state index >= 15 is 0 Å². The largest absolute Gasteiger partial charge is 0.339 e. The summed E-state index contributed by atoms with van der Waals surface area (Å²) in [5, 5.41) is 4.07. The number of aromatic nitrogens is 2. The molecule has 0 aliphatic carbocycles. The van der Waals surface area contributed by atoms with Crippen LogP contribution < -0.4 is 0 Å². The standard InChI is InChI=1S/C19H18BrN3O3S/c20-16-8-6-14(7-9-16)18-21-19(26-22-18)15-10-12-23(13-11-15)27(24,25)17-4-2-1-3-5-17/h1-9,15H,10-13H2. The fraction of sp³-hybridized carbons (Fsp3) is 0.263. The van der Waals surface area contributed by atoms with Crippen LogP contribution in [0.15, 0.2) is 68.5 Å². The minimum Gasteiger partial charge on any atom is -0.339 e. The normalized spacial score (nSPS) is 16.5. The van der Waals surface area contributed by atoms with E-state index in [9.17, 15) is 8.42 Å². The molecule has 0 radical (unpaired) electrons. The molecule has 0 unspecified atom stereocenters. The number of rotatable bonds is 4. The number of piperidine rings is 1. The summed E-state index contributed by atoms with van der Waals surface area (Å²) in [7, 11) is -3.45. The van der Waals surface area contributed by atoms with Crippen LogP contribution in [0.2, 0.25) is 0 Å². The Morgan fingerprint density at radius 1 is 1.00 bits per heavy atom. The van der Waals surface area contributed by atoms with Crippen LogP contribution in [-0.4, -0.2) is 36.0 Å². The molecule has 8 heteroatoms. The van der Waals surface area contributed by atoms with Crippen molar-refractivity contribution in [2.45, 2.75) is 23.7 Å². The second-order valence-electron chi connectivity index (χ2n) is 6.45. The Balaban J connectivity index is 1.45. The average Bonchev–Trinajstić information content (AvgIpc) is 3.19. The molecule has 1 fully saturated rings. The zero-order valence-electron chi connectivity index (χ0n) is 14.5. The minimum absolute atomic E-state index is 0.0731. The lowest BCUT2D eigenvalue weighted by Gasteiger charge is -2.29. The molecule has 6 nitrogen and oxygen atoms in total. The highest BCUT2D eigenvalue weighted by Crippen LogP contribution is 2.31. The Bertz CT molecular complexity index is 1010. The second kappa shape index (κ2) is 7.53. The van der Waals surface area contributed by atoms with Gasteiger partial charge in [-0.25, -0.2) is 8.42 Å². The van der Waals surface area contributed by atoms with Gasteiger partial charge in [-0.2, -0.15) is 9.29 Å². The molecular formula is C19H18BrN3O3S. The summed E-state index contributed by atoms with van der Waals surface area (Å²) in [6.45, 7) is 0.885. The van der Waals surface area contributed by atoms with Crippen molar-refractivity contribution < 1.29 is 12.9 Å². The van der Waals surface area contributed by atoms with E-state index in [1.54, 1.807) is 24.3 Å². The highest BCUT2D eigenvalue weighted by Gasteiger charge is 2.32. The maximum absolute atomic E-state index is 12.7. The molecule has 1 aromatic heterocycles. The first-order valence-corrected chi connectivity index (χ1v) is 10.9. The van der Waals surface area contributed by atoms with Crippen molar-refractivity contribution >= 4 is 26.0 Å². The lowest BCUT2D eigenvalue weighted by Crippen LogP contribution is -2.37. The van der Waals surface area contributed by atoms with Gasteiger partial charge in [0.15, 0.2) is 0 Å². The summed E-state index contributed by atoms with van der Waals surface area (Å²) in [6.07, 6.45) is 1.32. The first-order valence-electron chi connectivity index (χ1n) is 8.69. The lowest BCUT2D eigenvalue weighted by molar-refractivity contribution is 0.271. The van der Waals surface area contributed by atoms with Gasteiger partial charge in [-0.15, -0.1) is 0 Å². The number of hydrogen-bond acceptors (Lipinski definition) is 5. The quantitative estimate of drug-likeness (QED) is 0.602. The van der Waals surface area contributed by atoms with Crippen molar-refractivity contribution in [3.8, 4) is 11.4 Å². The van der Waals surface area contributed by atoms with E-state index in [4.69, 9.17) is 4.52 Å². The zero-order chi connectivity index (χ0) is 18.9. The molecule has 0 spiro atoms. The second-order valence-corrected chi connectivity index (χ2v) is 9.31. The lowest BCUT2D eigenvalue weighted by atomic mass is 9.98. The van der Waals surface area contributed by atoms with Crippen molar-refractivity contribution in [3.05, 3.63) is 65.0 Å². The van der Waals surface area contributed by atoms with Crippen LogP contribution in [0.1, 0.15) is 24.7 Å². The highest BCUT2D eigenvalue weighted by atomic mass is 79.9. The molecule has 0 atom stereocenters. The maximum Gasteiger partial charge on any atom is 0.243 e. The minimum atomic E-state index is -3.45.